The third kappa shape index (κ3) is 5.18. The fourth-order valence-electron chi connectivity index (χ4n) is 7.53. The predicted octanol–water partition coefficient (Wildman–Crippen LogP) is 4.04. The Morgan fingerprint density at radius 2 is 1.84 bits per heavy atom. The Bertz CT molecular complexity index is 1440. The molecule has 9 nitrogen and oxygen atoms in total. The summed E-state index contributed by atoms with van der Waals surface area (Å²) in [7, 11) is 3.17. The highest BCUT2D eigenvalue weighted by Gasteiger charge is 2.72. The maximum atomic E-state index is 14.3. The first-order chi connectivity index (χ1) is 20.8. The van der Waals surface area contributed by atoms with Gasteiger partial charge in [0.15, 0.2) is 11.5 Å². The number of likely N-dealkylation sites (tertiary alicyclic amines) is 1. The monoisotopic (exact) mass is 587 g/mol. The average Bonchev–Trinajstić information content (AvgIpc) is 3.64. The maximum Gasteiger partial charge on any atom is 0.246 e. The number of nitrogens with zero attached hydrogens (tertiary/aromatic N) is 1. The second-order valence-corrected chi connectivity index (χ2v) is 12.4. The van der Waals surface area contributed by atoms with Crippen molar-refractivity contribution in [3.8, 4) is 11.5 Å². The number of hydrogen-bond donors (Lipinski definition) is 2. The summed E-state index contributed by atoms with van der Waals surface area (Å²) in [5.74, 6) is -0.685. The number of benzene rings is 2. The smallest absolute Gasteiger partial charge is 0.246 e. The number of fused-ring (bicyclic) bond motifs is 1. The van der Waals surface area contributed by atoms with Gasteiger partial charge >= 0.3 is 0 Å². The first-order valence-electron chi connectivity index (χ1n) is 15.3. The molecular formula is C34H41N3O6. The van der Waals surface area contributed by atoms with E-state index in [0.29, 0.717) is 36.1 Å². The Hall–Kier alpha value is -3.85. The molecule has 3 aliphatic heterocycles. The zero-order valence-electron chi connectivity index (χ0n) is 25.3. The van der Waals surface area contributed by atoms with E-state index < -0.39 is 29.6 Å². The summed E-state index contributed by atoms with van der Waals surface area (Å²) in [5, 5.41) is 6.29. The number of rotatable bonds is 9. The molecule has 4 aliphatic rings. The Kier molecular flexibility index (Phi) is 7.94. The number of amides is 3. The summed E-state index contributed by atoms with van der Waals surface area (Å²) in [4.78, 5) is 43.9. The zero-order chi connectivity index (χ0) is 30.3. The molecule has 2 bridgehead atoms. The van der Waals surface area contributed by atoms with Gasteiger partial charge in [0.2, 0.25) is 17.7 Å². The number of ether oxygens (including phenoxy) is 3. The number of nitrogens with one attached hydrogen (secondary N) is 2. The lowest BCUT2D eigenvalue weighted by Crippen LogP contribution is -2.57. The van der Waals surface area contributed by atoms with Crippen LogP contribution in [-0.4, -0.2) is 67.2 Å². The van der Waals surface area contributed by atoms with Crippen LogP contribution >= 0.6 is 0 Å². The minimum absolute atomic E-state index is 0.0440. The van der Waals surface area contributed by atoms with Gasteiger partial charge in [-0.1, -0.05) is 50.1 Å². The van der Waals surface area contributed by atoms with Crippen LogP contribution in [0.5, 0.6) is 11.5 Å². The summed E-state index contributed by atoms with van der Waals surface area (Å²) in [6, 6.07) is 12.4. The molecule has 2 saturated heterocycles. The van der Waals surface area contributed by atoms with Crippen LogP contribution in [0.25, 0.3) is 0 Å². The molecule has 228 valence electrons. The molecule has 0 aromatic heterocycles. The Labute approximate surface area is 252 Å². The first-order valence-corrected chi connectivity index (χ1v) is 15.3. The lowest BCUT2D eigenvalue weighted by atomic mass is 9.74. The van der Waals surface area contributed by atoms with Crippen molar-refractivity contribution in [2.45, 2.75) is 69.7 Å². The molecule has 1 aliphatic carbocycles. The van der Waals surface area contributed by atoms with Crippen molar-refractivity contribution in [3.05, 3.63) is 65.7 Å². The highest BCUT2D eigenvalue weighted by Crippen LogP contribution is 2.55. The molecular weight excluding hydrogens is 546 g/mol. The Balaban J connectivity index is 1.30. The molecule has 9 heteroatoms. The number of hydrogen-bond acceptors (Lipinski definition) is 6. The van der Waals surface area contributed by atoms with Gasteiger partial charge in [-0.25, -0.2) is 0 Å². The molecule has 1 saturated carbocycles. The van der Waals surface area contributed by atoms with Gasteiger partial charge < -0.3 is 29.7 Å². The molecule has 3 heterocycles. The second-order valence-electron chi connectivity index (χ2n) is 12.4. The molecule has 6 rings (SSSR count). The fraction of sp³-hybridized carbons (Fsp3) is 0.500. The van der Waals surface area contributed by atoms with Crippen LogP contribution in [-0.2, 0) is 25.5 Å². The van der Waals surface area contributed by atoms with Crippen LogP contribution in [0, 0.1) is 24.7 Å². The van der Waals surface area contributed by atoms with Crippen molar-refractivity contribution in [1.82, 2.24) is 10.2 Å². The van der Waals surface area contributed by atoms with Gasteiger partial charge in [0.1, 0.15) is 11.6 Å². The molecule has 2 aromatic carbocycles. The third-order valence-electron chi connectivity index (χ3n) is 9.74. The highest BCUT2D eigenvalue weighted by molar-refractivity contribution is 6.02. The number of anilines is 1. The van der Waals surface area contributed by atoms with E-state index in [-0.39, 0.29) is 23.8 Å². The number of methoxy groups -OCH3 is 2. The van der Waals surface area contributed by atoms with Crippen molar-refractivity contribution < 1.29 is 28.6 Å². The van der Waals surface area contributed by atoms with Crippen molar-refractivity contribution in [2.75, 3.05) is 26.1 Å². The topological polar surface area (TPSA) is 106 Å². The lowest BCUT2D eigenvalue weighted by Gasteiger charge is -2.36. The molecule has 43 heavy (non-hydrogen) atoms. The molecule has 7 atom stereocenters. The average molecular weight is 588 g/mol. The van der Waals surface area contributed by atoms with Gasteiger partial charge in [-0.3, -0.25) is 14.4 Å². The highest BCUT2D eigenvalue weighted by atomic mass is 16.5. The largest absolute Gasteiger partial charge is 0.493 e. The third-order valence-corrected chi connectivity index (χ3v) is 9.74. The molecule has 3 fully saturated rings. The minimum Gasteiger partial charge on any atom is -0.493 e. The van der Waals surface area contributed by atoms with E-state index in [9.17, 15) is 14.4 Å². The molecule has 1 spiro atoms. The van der Waals surface area contributed by atoms with Gasteiger partial charge in [0, 0.05) is 18.3 Å². The van der Waals surface area contributed by atoms with E-state index in [4.69, 9.17) is 14.2 Å². The van der Waals surface area contributed by atoms with E-state index in [1.165, 1.54) is 0 Å². The van der Waals surface area contributed by atoms with Crippen LogP contribution in [0.3, 0.4) is 0 Å². The van der Waals surface area contributed by atoms with Crippen LogP contribution in [0.2, 0.25) is 0 Å². The molecule has 2 N–H and O–H groups in total. The standard InChI is InChI=1S/C34H41N3O6/c1-20-8-7-10-23(18-20)35-31(38)28-26-14-16-34(43-26)29(28)33(40)37(17-15-22-12-13-25(41-3)27(19-22)42-4)30(34)32(39)36-24-11-6-5-9-21(24)2/h7-8,10,12-14,16,18-19,21,24,26,28-30H,5-6,9,11,15,17H2,1-4H3,(H,35,38)(H,36,39). The Morgan fingerprint density at radius 3 is 2.58 bits per heavy atom. The summed E-state index contributed by atoms with van der Waals surface area (Å²) < 4.78 is 17.4. The summed E-state index contributed by atoms with van der Waals surface area (Å²) in [6.07, 6.45) is 7.83. The minimum atomic E-state index is -1.20. The van der Waals surface area contributed by atoms with Gasteiger partial charge in [-0.2, -0.15) is 0 Å². The van der Waals surface area contributed by atoms with Gasteiger partial charge in [-0.15, -0.1) is 0 Å². The van der Waals surface area contributed by atoms with Gasteiger partial charge in [0.25, 0.3) is 0 Å². The SMILES string of the molecule is COc1ccc(CCN2C(=O)C3C(C(=O)Nc4cccc(C)c4)C4C=CC3(O4)C2C(=O)NC2CCCCC2C)cc1OC. The van der Waals surface area contributed by atoms with E-state index >= 15 is 0 Å². The van der Waals surface area contributed by atoms with Crippen LogP contribution < -0.4 is 20.1 Å². The van der Waals surface area contributed by atoms with Crippen molar-refractivity contribution in [2.24, 2.45) is 17.8 Å². The van der Waals surface area contributed by atoms with E-state index in [1.54, 1.807) is 19.1 Å². The van der Waals surface area contributed by atoms with E-state index in [2.05, 4.69) is 17.6 Å². The van der Waals surface area contributed by atoms with Crippen LogP contribution in [0.4, 0.5) is 5.69 Å². The quantitative estimate of drug-likeness (QED) is 0.429. The molecule has 3 amide bonds. The first kappa shape index (κ1) is 29.2. The van der Waals surface area contributed by atoms with Crippen molar-refractivity contribution >= 4 is 23.4 Å². The molecule has 0 radical (unpaired) electrons. The zero-order valence-corrected chi connectivity index (χ0v) is 25.3. The Morgan fingerprint density at radius 1 is 1.05 bits per heavy atom. The normalized spacial score (nSPS) is 30.7. The predicted molar refractivity (Wildman–Crippen MR) is 162 cm³/mol. The van der Waals surface area contributed by atoms with E-state index in [1.807, 2.05) is 61.5 Å². The molecule has 2 aromatic rings. The van der Waals surface area contributed by atoms with Gasteiger partial charge in [0.05, 0.1) is 32.2 Å². The van der Waals surface area contributed by atoms with Crippen LogP contribution in [0.1, 0.15) is 43.7 Å². The van der Waals surface area contributed by atoms with E-state index in [0.717, 1.165) is 36.8 Å². The fourth-order valence-corrected chi connectivity index (χ4v) is 7.53. The summed E-state index contributed by atoms with van der Waals surface area (Å²) in [5.41, 5.74) is 1.43. The summed E-state index contributed by atoms with van der Waals surface area (Å²) in [6.45, 7) is 4.42. The number of carbonyl (C=O) groups is 3. The van der Waals surface area contributed by atoms with Crippen molar-refractivity contribution in [1.29, 1.82) is 0 Å². The summed E-state index contributed by atoms with van der Waals surface area (Å²) >= 11 is 0. The number of carbonyl (C=O) groups excluding carboxylic acids is 3. The van der Waals surface area contributed by atoms with Crippen LogP contribution in [0.15, 0.2) is 54.6 Å². The van der Waals surface area contributed by atoms with Crippen molar-refractivity contribution in [3.63, 3.8) is 0 Å². The van der Waals surface area contributed by atoms with Gasteiger partial charge in [-0.05, 0) is 67.5 Å². The molecule has 7 unspecified atom stereocenters. The lowest BCUT2D eigenvalue weighted by molar-refractivity contribution is -0.141. The second kappa shape index (κ2) is 11.7. The number of aryl methyl sites for hydroxylation is 1. The maximum absolute atomic E-state index is 14.3.